The molecule has 1 aliphatic carbocycles. The second-order valence-corrected chi connectivity index (χ2v) is 5.66. The fraction of sp³-hybridized carbons (Fsp3) is 0.438. The van der Waals surface area contributed by atoms with Gasteiger partial charge in [0.15, 0.2) is 6.10 Å². The van der Waals surface area contributed by atoms with Crippen molar-refractivity contribution >= 4 is 23.5 Å². The minimum atomic E-state index is -1.15. The Labute approximate surface area is 134 Å². The van der Waals surface area contributed by atoms with E-state index in [0.717, 1.165) is 6.42 Å². The summed E-state index contributed by atoms with van der Waals surface area (Å²) < 4.78 is 4.75. The van der Waals surface area contributed by atoms with Crippen molar-refractivity contribution in [1.82, 2.24) is 5.32 Å². The zero-order valence-electron chi connectivity index (χ0n) is 13.0. The quantitative estimate of drug-likeness (QED) is 0.698. The predicted molar refractivity (Wildman–Crippen MR) is 83.1 cm³/mol. The summed E-state index contributed by atoms with van der Waals surface area (Å²) in [6.45, 7) is 1.88. The maximum Gasteiger partial charge on any atom is 0.334 e. The number of benzene rings is 1. The zero-order chi connectivity index (χ0) is 17.0. The topological polar surface area (TPSA) is 105 Å². The van der Waals surface area contributed by atoms with E-state index in [-0.39, 0.29) is 18.4 Å². The van der Waals surface area contributed by atoms with Crippen molar-refractivity contribution in [3.63, 3.8) is 0 Å². The van der Waals surface area contributed by atoms with Crippen LogP contribution in [0.5, 0.6) is 0 Å². The molecule has 3 N–H and O–H groups in total. The number of amides is 2. The zero-order valence-corrected chi connectivity index (χ0v) is 13.0. The fourth-order valence-electron chi connectivity index (χ4n) is 2.22. The van der Waals surface area contributed by atoms with Crippen LogP contribution in [0.3, 0.4) is 0 Å². The maximum atomic E-state index is 12.1. The molecule has 0 bridgehead atoms. The van der Waals surface area contributed by atoms with Crippen LogP contribution in [0.25, 0.3) is 0 Å². The second kappa shape index (κ2) is 7.23. The first-order valence-corrected chi connectivity index (χ1v) is 7.37. The second-order valence-electron chi connectivity index (χ2n) is 5.66. The van der Waals surface area contributed by atoms with Gasteiger partial charge in [-0.25, -0.2) is 4.79 Å². The van der Waals surface area contributed by atoms with Gasteiger partial charge in [-0.05, 0) is 30.5 Å². The maximum absolute atomic E-state index is 12.1. The third kappa shape index (κ3) is 4.53. The SMILES string of the molecule is COC(CNC(=O)c1cccc(NC(=O)C2CC2C)c1)C(=O)O. The molecule has 1 saturated carbocycles. The fourth-order valence-corrected chi connectivity index (χ4v) is 2.22. The molecule has 0 saturated heterocycles. The summed E-state index contributed by atoms with van der Waals surface area (Å²) in [5.74, 6) is -1.16. The number of carboxylic acid groups (broad SMARTS) is 1. The van der Waals surface area contributed by atoms with E-state index in [1.165, 1.54) is 7.11 Å². The van der Waals surface area contributed by atoms with Gasteiger partial charge in [-0.3, -0.25) is 9.59 Å². The number of ether oxygens (including phenoxy) is 1. The van der Waals surface area contributed by atoms with Crippen molar-refractivity contribution < 1.29 is 24.2 Å². The summed E-state index contributed by atoms with van der Waals surface area (Å²) in [6.07, 6.45) is -0.210. The number of rotatable bonds is 7. The molecule has 3 atom stereocenters. The molecule has 0 aromatic heterocycles. The van der Waals surface area contributed by atoms with Crippen LogP contribution in [0.15, 0.2) is 24.3 Å². The molecule has 124 valence electrons. The van der Waals surface area contributed by atoms with Gasteiger partial charge in [0.1, 0.15) is 0 Å². The smallest absolute Gasteiger partial charge is 0.334 e. The number of hydrogen-bond donors (Lipinski definition) is 3. The standard InChI is InChI=1S/C16H20N2O5/c1-9-6-12(9)15(20)18-11-5-3-4-10(7-11)14(19)17-8-13(23-2)16(21)22/h3-5,7,9,12-13H,6,8H2,1-2H3,(H,17,19)(H,18,20)(H,21,22). The lowest BCUT2D eigenvalue weighted by molar-refractivity contribution is -0.148. The lowest BCUT2D eigenvalue weighted by Gasteiger charge is -2.12. The van der Waals surface area contributed by atoms with Gasteiger partial charge >= 0.3 is 5.97 Å². The molecule has 0 spiro atoms. The Kier molecular flexibility index (Phi) is 5.33. The van der Waals surface area contributed by atoms with Gasteiger partial charge in [0.25, 0.3) is 5.91 Å². The van der Waals surface area contributed by atoms with Gasteiger partial charge in [0.05, 0.1) is 6.54 Å². The van der Waals surface area contributed by atoms with Crippen molar-refractivity contribution in [2.75, 3.05) is 19.0 Å². The van der Waals surface area contributed by atoms with Crippen LogP contribution in [-0.2, 0) is 14.3 Å². The number of carboxylic acids is 1. The third-order valence-electron chi connectivity index (χ3n) is 3.85. The Morgan fingerprint density at radius 2 is 2.09 bits per heavy atom. The first-order chi connectivity index (χ1) is 10.9. The van der Waals surface area contributed by atoms with E-state index in [1.807, 2.05) is 6.92 Å². The van der Waals surface area contributed by atoms with Crippen molar-refractivity contribution in [3.05, 3.63) is 29.8 Å². The molecule has 1 fully saturated rings. The van der Waals surface area contributed by atoms with Crippen molar-refractivity contribution in [3.8, 4) is 0 Å². The molecule has 7 heteroatoms. The highest BCUT2D eigenvalue weighted by atomic mass is 16.5. The molecule has 1 aromatic carbocycles. The number of carbonyl (C=O) groups is 3. The minimum Gasteiger partial charge on any atom is -0.479 e. The van der Waals surface area contributed by atoms with E-state index < -0.39 is 18.0 Å². The van der Waals surface area contributed by atoms with Crippen molar-refractivity contribution in [1.29, 1.82) is 0 Å². The van der Waals surface area contributed by atoms with Gasteiger partial charge in [0, 0.05) is 24.3 Å². The lowest BCUT2D eigenvalue weighted by atomic mass is 10.1. The van der Waals surface area contributed by atoms with E-state index in [2.05, 4.69) is 10.6 Å². The Hall–Kier alpha value is -2.41. The molecule has 2 amide bonds. The van der Waals surface area contributed by atoms with Crippen LogP contribution in [0, 0.1) is 11.8 Å². The van der Waals surface area contributed by atoms with Crippen LogP contribution in [0.4, 0.5) is 5.69 Å². The van der Waals surface area contributed by atoms with E-state index in [0.29, 0.717) is 17.2 Å². The number of anilines is 1. The van der Waals surface area contributed by atoms with Crippen LogP contribution in [-0.4, -0.2) is 42.6 Å². The monoisotopic (exact) mass is 320 g/mol. The van der Waals surface area contributed by atoms with Crippen molar-refractivity contribution in [2.24, 2.45) is 11.8 Å². The summed E-state index contributed by atoms with van der Waals surface area (Å²) >= 11 is 0. The summed E-state index contributed by atoms with van der Waals surface area (Å²) in [4.78, 5) is 34.8. The minimum absolute atomic E-state index is 0.0413. The van der Waals surface area contributed by atoms with Gasteiger partial charge in [-0.15, -0.1) is 0 Å². The first-order valence-electron chi connectivity index (χ1n) is 7.37. The molecule has 2 rings (SSSR count). The molecule has 7 nitrogen and oxygen atoms in total. The van der Waals surface area contributed by atoms with Crippen LogP contribution in [0.2, 0.25) is 0 Å². The summed E-state index contributed by atoms with van der Waals surface area (Å²) in [7, 11) is 1.26. The summed E-state index contributed by atoms with van der Waals surface area (Å²) in [6, 6.07) is 6.51. The first kappa shape index (κ1) is 17.0. The van der Waals surface area contributed by atoms with Crippen LogP contribution in [0.1, 0.15) is 23.7 Å². The number of nitrogens with one attached hydrogen (secondary N) is 2. The number of aliphatic carboxylic acids is 1. The molecule has 0 aliphatic heterocycles. The largest absolute Gasteiger partial charge is 0.479 e. The summed E-state index contributed by atoms with van der Waals surface area (Å²) in [5, 5.41) is 14.1. The van der Waals surface area contributed by atoms with E-state index in [9.17, 15) is 14.4 Å². The Morgan fingerprint density at radius 3 is 2.65 bits per heavy atom. The number of methoxy groups -OCH3 is 1. The molecule has 0 radical (unpaired) electrons. The van der Waals surface area contributed by atoms with Crippen molar-refractivity contribution in [2.45, 2.75) is 19.4 Å². The molecule has 1 aliphatic rings. The van der Waals surface area contributed by atoms with Gasteiger partial charge in [0.2, 0.25) is 5.91 Å². The van der Waals surface area contributed by atoms with E-state index in [1.54, 1.807) is 24.3 Å². The van der Waals surface area contributed by atoms with E-state index in [4.69, 9.17) is 9.84 Å². The Morgan fingerprint density at radius 1 is 1.39 bits per heavy atom. The predicted octanol–water partition coefficient (Wildman–Crippen LogP) is 1.11. The molecule has 23 heavy (non-hydrogen) atoms. The molecular weight excluding hydrogens is 300 g/mol. The summed E-state index contributed by atoms with van der Waals surface area (Å²) in [5.41, 5.74) is 0.884. The van der Waals surface area contributed by atoms with Crippen LogP contribution >= 0.6 is 0 Å². The Bertz CT molecular complexity index is 616. The highest BCUT2D eigenvalue weighted by Gasteiger charge is 2.39. The highest BCUT2D eigenvalue weighted by molar-refractivity contribution is 5.98. The highest BCUT2D eigenvalue weighted by Crippen LogP contribution is 2.38. The third-order valence-corrected chi connectivity index (χ3v) is 3.85. The normalized spacial score (nSPS) is 20.4. The van der Waals surface area contributed by atoms with Crippen LogP contribution < -0.4 is 10.6 Å². The van der Waals surface area contributed by atoms with Gasteiger partial charge in [-0.1, -0.05) is 13.0 Å². The van der Waals surface area contributed by atoms with E-state index >= 15 is 0 Å². The lowest BCUT2D eigenvalue weighted by Crippen LogP contribution is -2.37. The molecule has 1 aromatic rings. The number of carbonyl (C=O) groups excluding carboxylic acids is 2. The van der Waals surface area contributed by atoms with Gasteiger partial charge < -0.3 is 20.5 Å². The molecular formula is C16H20N2O5. The average molecular weight is 320 g/mol. The molecule has 3 unspecified atom stereocenters. The van der Waals surface area contributed by atoms with Gasteiger partial charge in [-0.2, -0.15) is 0 Å². The average Bonchev–Trinajstić information content (AvgIpc) is 3.24. The molecule has 0 heterocycles. The Balaban J connectivity index is 1.94. The number of hydrogen-bond acceptors (Lipinski definition) is 4.